The molecule has 0 aromatic carbocycles. The molecule has 1 N–H and O–H groups in total. The molecule has 2 fully saturated rings. The minimum atomic E-state index is -0.0845. The number of amides is 2. The minimum Gasteiger partial charge on any atom is -0.296 e. The molecule has 0 radical (unpaired) electrons. The van der Waals surface area contributed by atoms with E-state index >= 15 is 0 Å². The van der Waals surface area contributed by atoms with E-state index in [0.29, 0.717) is 11.8 Å². The first kappa shape index (κ1) is 7.85. The average Bonchev–Trinajstić information content (AvgIpc) is 2.44. The summed E-state index contributed by atoms with van der Waals surface area (Å²) in [5, 5.41) is 2.48. The Morgan fingerprint density at radius 1 is 0.733 bits per heavy atom. The van der Waals surface area contributed by atoms with Crippen LogP contribution >= 0.6 is 0 Å². The zero-order chi connectivity index (χ0) is 10.2. The van der Waals surface area contributed by atoms with Gasteiger partial charge in [0.15, 0.2) is 0 Å². The van der Waals surface area contributed by atoms with Crippen LogP contribution in [0.3, 0.4) is 0 Å². The molecule has 0 aromatic rings. The fourth-order valence-electron chi connectivity index (χ4n) is 3.81. The van der Waals surface area contributed by atoms with Gasteiger partial charge in [-0.3, -0.25) is 14.9 Å². The van der Waals surface area contributed by atoms with Crippen LogP contribution in [-0.2, 0) is 9.59 Å². The van der Waals surface area contributed by atoms with Crippen molar-refractivity contribution in [3.63, 3.8) is 0 Å². The van der Waals surface area contributed by atoms with Crippen molar-refractivity contribution in [3.8, 4) is 0 Å². The van der Waals surface area contributed by atoms with Gasteiger partial charge in [-0.2, -0.15) is 0 Å². The van der Waals surface area contributed by atoms with Gasteiger partial charge in [0.05, 0.1) is 11.8 Å². The van der Waals surface area contributed by atoms with Crippen LogP contribution in [-0.4, -0.2) is 11.8 Å². The number of allylic oxidation sites excluding steroid dienone is 4. The lowest BCUT2D eigenvalue weighted by Gasteiger charge is -2.51. The summed E-state index contributed by atoms with van der Waals surface area (Å²) >= 11 is 0. The van der Waals surface area contributed by atoms with Crippen LogP contribution in [0.15, 0.2) is 24.3 Å². The summed E-state index contributed by atoms with van der Waals surface area (Å²) in [4.78, 5) is 23.4. The molecule has 3 heteroatoms. The summed E-state index contributed by atoms with van der Waals surface area (Å²) in [6.07, 6.45) is 8.68. The van der Waals surface area contributed by atoms with Gasteiger partial charge in [-0.05, 0) is 23.7 Å². The van der Waals surface area contributed by atoms with Crippen molar-refractivity contribution in [3.05, 3.63) is 24.3 Å². The fraction of sp³-hybridized carbons (Fsp3) is 0.500. The van der Waals surface area contributed by atoms with Crippen molar-refractivity contribution in [2.75, 3.05) is 0 Å². The van der Waals surface area contributed by atoms with Gasteiger partial charge in [-0.1, -0.05) is 24.3 Å². The Hall–Kier alpha value is -1.38. The Kier molecular flexibility index (Phi) is 1.17. The maximum absolute atomic E-state index is 11.7. The standard InChI is InChI=1S/C12H11NO2/c14-11-9-7-3-4-8(6-2-1-5(6)7)10(9)12(15)13-11/h1-10H,(H,13,14,15)/t5?,6?,7?,8?,9-,10?/m1/s1. The van der Waals surface area contributed by atoms with E-state index in [-0.39, 0.29) is 35.5 Å². The first-order valence-electron chi connectivity index (χ1n) is 5.49. The van der Waals surface area contributed by atoms with E-state index in [9.17, 15) is 9.59 Å². The summed E-state index contributed by atoms with van der Waals surface area (Å²) < 4.78 is 0. The van der Waals surface area contributed by atoms with Crippen molar-refractivity contribution in [2.24, 2.45) is 35.5 Å². The lowest BCUT2D eigenvalue weighted by atomic mass is 9.50. The van der Waals surface area contributed by atoms with Gasteiger partial charge in [0, 0.05) is 0 Å². The van der Waals surface area contributed by atoms with Crippen LogP contribution in [0.25, 0.3) is 0 Å². The van der Waals surface area contributed by atoms with Gasteiger partial charge in [0.2, 0.25) is 11.8 Å². The molecule has 5 rings (SSSR count). The molecule has 6 atom stereocenters. The van der Waals surface area contributed by atoms with E-state index in [1.807, 2.05) is 0 Å². The van der Waals surface area contributed by atoms with E-state index in [2.05, 4.69) is 29.6 Å². The monoisotopic (exact) mass is 201 g/mol. The van der Waals surface area contributed by atoms with Crippen LogP contribution in [0.2, 0.25) is 0 Å². The van der Waals surface area contributed by atoms with Crippen LogP contribution < -0.4 is 5.32 Å². The molecule has 5 unspecified atom stereocenters. The minimum absolute atomic E-state index is 0.0527. The highest BCUT2D eigenvalue weighted by Crippen LogP contribution is 2.57. The molecule has 5 aliphatic rings. The Bertz CT molecular complexity index is 399. The first-order chi connectivity index (χ1) is 7.27. The van der Waals surface area contributed by atoms with E-state index in [0.717, 1.165) is 0 Å². The number of carbonyl (C=O) groups excluding carboxylic acids is 2. The molecular formula is C12H11NO2. The molecule has 1 heterocycles. The molecular weight excluding hydrogens is 190 g/mol. The molecule has 3 nitrogen and oxygen atoms in total. The Morgan fingerprint density at radius 3 is 1.53 bits per heavy atom. The van der Waals surface area contributed by atoms with Gasteiger partial charge in [0.25, 0.3) is 0 Å². The van der Waals surface area contributed by atoms with Crippen LogP contribution in [0.1, 0.15) is 0 Å². The molecule has 2 amide bonds. The summed E-state index contributed by atoms with van der Waals surface area (Å²) in [5.74, 6) is 1.28. The average molecular weight is 201 g/mol. The third-order valence-corrected chi connectivity index (χ3v) is 4.51. The molecule has 76 valence electrons. The largest absolute Gasteiger partial charge is 0.296 e. The Morgan fingerprint density at radius 2 is 1.13 bits per heavy atom. The maximum atomic E-state index is 11.7. The van der Waals surface area contributed by atoms with Gasteiger partial charge in [-0.15, -0.1) is 0 Å². The number of hydrogen-bond acceptors (Lipinski definition) is 2. The number of rotatable bonds is 0. The summed E-state index contributed by atoms with van der Waals surface area (Å²) in [6, 6.07) is 0. The lowest BCUT2D eigenvalue weighted by Crippen LogP contribution is -2.50. The molecule has 4 aliphatic carbocycles. The second-order valence-electron chi connectivity index (χ2n) is 4.98. The smallest absolute Gasteiger partial charge is 0.231 e. The van der Waals surface area contributed by atoms with Gasteiger partial charge in [0.1, 0.15) is 0 Å². The normalized spacial score (nSPS) is 53.6. The topological polar surface area (TPSA) is 46.2 Å². The zero-order valence-electron chi connectivity index (χ0n) is 8.09. The van der Waals surface area contributed by atoms with E-state index in [1.165, 1.54) is 0 Å². The van der Waals surface area contributed by atoms with Crippen molar-refractivity contribution in [1.82, 2.24) is 5.32 Å². The molecule has 1 saturated heterocycles. The van der Waals surface area contributed by atoms with Crippen molar-refractivity contribution < 1.29 is 9.59 Å². The fourth-order valence-corrected chi connectivity index (χ4v) is 3.81. The number of hydrogen-bond donors (Lipinski definition) is 1. The Balaban J connectivity index is 1.88. The Labute approximate surface area is 87.2 Å². The van der Waals surface area contributed by atoms with E-state index in [4.69, 9.17) is 0 Å². The second-order valence-corrected chi connectivity index (χ2v) is 4.98. The van der Waals surface area contributed by atoms with E-state index in [1.54, 1.807) is 0 Å². The number of carbonyl (C=O) groups is 2. The SMILES string of the molecule is O=C1NC(=O)[C@@H]2C3C=CC(C4C=CC43)C12. The quantitative estimate of drug-likeness (QED) is 0.458. The van der Waals surface area contributed by atoms with Crippen LogP contribution in [0, 0.1) is 35.5 Å². The zero-order valence-corrected chi connectivity index (χ0v) is 8.09. The van der Waals surface area contributed by atoms with Crippen molar-refractivity contribution in [2.45, 2.75) is 0 Å². The summed E-state index contributed by atoms with van der Waals surface area (Å²) in [5.41, 5.74) is 0. The summed E-state index contributed by atoms with van der Waals surface area (Å²) in [6.45, 7) is 0. The second kappa shape index (κ2) is 2.23. The number of nitrogens with one attached hydrogen (secondary N) is 1. The lowest BCUT2D eigenvalue weighted by molar-refractivity contribution is -0.127. The number of imide groups is 1. The highest BCUT2D eigenvalue weighted by atomic mass is 16.2. The molecule has 15 heavy (non-hydrogen) atoms. The molecule has 2 bridgehead atoms. The summed E-state index contributed by atoms with van der Waals surface area (Å²) in [7, 11) is 0. The molecule has 0 spiro atoms. The molecule has 1 saturated carbocycles. The highest BCUT2D eigenvalue weighted by molar-refractivity contribution is 6.06. The van der Waals surface area contributed by atoms with Crippen molar-refractivity contribution >= 4 is 11.8 Å². The van der Waals surface area contributed by atoms with E-state index < -0.39 is 0 Å². The maximum Gasteiger partial charge on any atom is 0.231 e. The van der Waals surface area contributed by atoms with Crippen molar-refractivity contribution in [1.29, 1.82) is 0 Å². The van der Waals surface area contributed by atoms with Gasteiger partial charge >= 0.3 is 0 Å². The first-order valence-corrected chi connectivity index (χ1v) is 5.49. The van der Waals surface area contributed by atoms with Gasteiger partial charge < -0.3 is 0 Å². The van der Waals surface area contributed by atoms with Crippen LogP contribution in [0.4, 0.5) is 0 Å². The van der Waals surface area contributed by atoms with Crippen LogP contribution in [0.5, 0.6) is 0 Å². The predicted molar refractivity (Wildman–Crippen MR) is 52.4 cm³/mol. The van der Waals surface area contributed by atoms with Gasteiger partial charge in [-0.25, -0.2) is 0 Å². The predicted octanol–water partition coefficient (Wildman–Crippen LogP) is 0.493. The molecule has 0 aromatic heterocycles. The third-order valence-electron chi connectivity index (χ3n) is 4.51. The third kappa shape index (κ3) is 0.715. The highest BCUT2D eigenvalue weighted by Gasteiger charge is 2.60. The molecule has 1 aliphatic heterocycles.